The first kappa shape index (κ1) is 15.1. The molecule has 1 fully saturated rings. The summed E-state index contributed by atoms with van der Waals surface area (Å²) < 4.78 is 0. The summed E-state index contributed by atoms with van der Waals surface area (Å²) in [5.41, 5.74) is 2.79. The van der Waals surface area contributed by atoms with Crippen molar-refractivity contribution in [3.63, 3.8) is 0 Å². The Morgan fingerprint density at radius 1 is 1.18 bits per heavy atom. The molecule has 4 heteroatoms. The van der Waals surface area contributed by atoms with Crippen molar-refractivity contribution in [3.05, 3.63) is 70.2 Å². The van der Waals surface area contributed by atoms with Crippen LogP contribution in [0.4, 0.5) is 0 Å². The van der Waals surface area contributed by atoms with E-state index in [0.717, 1.165) is 30.0 Å². The van der Waals surface area contributed by atoms with E-state index in [4.69, 9.17) is 16.7 Å². The maximum absolute atomic E-state index is 11.0. The quantitative estimate of drug-likeness (QED) is 0.851. The van der Waals surface area contributed by atoms with Crippen molar-refractivity contribution >= 4 is 17.6 Å². The molecular formula is C18H18ClNO2. The summed E-state index contributed by atoms with van der Waals surface area (Å²) in [5.74, 6) is -0.889. The van der Waals surface area contributed by atoms with Crippen LogP contribution in [0, 0.1) is 0 Å². The highest BCUT2D eigenvalue weighted by molar-refractivity contribution is 6.30. The number of hydrogen-bond donors (Lipinski definition) is 2. The lowest BCUT2D eigenvalue weighted by atomic mass is 9.96. The second-order valence-corrected chi connectivity index (χ2v) is 6.34. The maximum Gasteiger partial charge on any atom is 0.335 e. The second-order valence-electron chi connectivity index (χ2n) is 5.90. The molecule has 0 aliphatic heterocycles. The van der Waals surface area contributed by atoms with E-state index in [1.165, 1.54) is 5.56 Å². The lowest BCUT2D eigenvalue weighted by Gasteiger charge is -2.17. The van der Waals surface area contributed by atoms with Gasteiger partial charge in [0.15, 0.2) is 0 Å². The van der Waals surface area contributed by atoms with E-state index in [1.54, 1.807) is 18.2 Å². The molecule has 2 N–H and O–H groups in total. The molecular weight excluding hydrogens is 298 g/mol. The van der Waals surface area contributed by atoms with Crippen LogP contribution >= 0.6 is 11.6 Å². The van der Waals surface area contributed by atoms with Crippen LogP contribution in [0.1, 0.15) is 34.3 Å². The van der Waals surface area contributed by atoms with Crippen molar-refractivity contribution in [1.29, 1.82) is 0 Å². The molecule has 1 aliphatic carbocycles. The van der Waals surface area contributed by atoms with E-state index in [9.17, 15) is 4.79 Å². The lowest BCUT2D eigenvalue weighted by Crippen LogP contribution is -2.26. The van der Waals surface area contributed by atoms with Crippen LogP contribution in [0.25, 0.3) is 0 Å². The fourth-order valence-corrected chi connectivity index (χ4v) is 2.99. The zero-order valence-electron chi connectivity index (χ0n) is 12.2. The fourth-order valence-electron chi connectivity index (χ4n) is 2.80. The van der Waals surface area contributed by atoms with Crippen LogP contribution in [0.15, 0.2) is 48.5 Å². The zero-order chi connectivity index (χ0) is 15.6. The molecule has 22 heavy (non-hydrogen) atoms. The molecule has 0 atom stereocenters. The van der Waals surface area contributed by atoms with Crippen LogP contribution in [0.2, 0.25) is 5.02 Å². The van der Waals surface area contributed by atoms with E-state index >= 15 is 0 Å². The summed E-state index contributed by atoms with van der Waals surface area (Å²) in [7, 11) is 0. The highest BCUT2D eigenvalue weighted by atomic mass is 35.5. The molecule has 0 saturated heterocycles. The van der Waals surface area contributed by atoms with Gasteiger partial charge in [-0.2, -0.15) is 0 Å². The number of halogens is 1. The molecule has 3 nitrogen and oxygen atoms in total. The van der Waals surface area contributed by atoms with Crippen LogP contribution < -0.4 is 5.32 Å². The van der Waals surface area contributed by atoms with Crippen molar-refractivity contribution in [1.82, 2.24) is 5.32 Å². The van der Waals surface area contributed by atoms with Gasteiger partial charge in [0.1, 0.15) is 0 Å². The minimum Gasteiger partial charge on any atom is -0.478 e. The largest absolute Gasteiger partial charge is 0.478 e. The summed E-state index contributed by atoms with van der Waals surface area (Å²) in [4.78, 5) is 11.0. The van der Waals surface area contributed by atoms with Gasteiger partial charge in [0, 0.05) is 23.5 Å². The van der Waals surface area contributed by atoms with Crippen LogP contribution in [0.5, 0.6) is 0 Å². The fraction of sp³-hybridized carbons (Fsp3) is 0.278. The Balaban J connectivity index is 1.61. The predicted octanol–water partition coefficient (Wildman–Crippen LogP) is 3.86. The molecule has 0 bridgehead atoms. The van der Waals surface area contributed by atoms with E-state index in [0.29, 0.717) is 12.1 Å². The van der Waals surface area contributed by atoms with Gasteiger partial charge in [-0.25, -0.2) is 4.79 Å². The number of nitrogens with one attached hydrogen (secondary N) is 1. The van der Waals surface area contributed by atoms with Gasteiger partial charge in [0.05, 0.1) is 5.56 Å². The predicted molar refractivity (Wildman–Crippen MR) is 87.5 cm³/mol. The third-order valence-corrected chi connectivity index (χ3v) is 4.49. The molecule has 0 radical (unpaired) electrons. The van der Waals surface area contributed by atoms with Crippen LogP contribution in [-0.2, 0) is 12.0 Å². The lowest BCUT2D eigenvalue weighted by molar-refractivity contribution is 0.0696. The number of carbonyl (C=O) groups is 1. The minimum absolute atomic E-state index is 0.190. The van der Waals surface area contributed by atoms with Crippen molar-refractivity contribution in [2.75, 3.05) is 6.54 Å². The molecule has 114 valence electrons. The van der Waals surface area contributed by atoms with Gasteiger partial charge in [-0.15, -0.1) is 0 Å². The molecule has 0 amide bonds. The monoisotopic (exact) mass is 315 g/mol. The van der Waals surface area contributed by atoms with Gasteiger partial charge in [0.25, 0.3) is 0 Å². The first-order valence-electron chi connectivity index (χ1n) is 7.38. The average Bonchev–Trinajstić information content (AvgIpc) is 3.29. The Labute approximate surface area is 134 Å². The number of hydrogen-bond acceptors (Lipinski definition) is 2. The summed E-state index contributed by atoms with van der Waals surface area (Å²) >= 11 is 6.08. The molecule has 1 aliphatic rings. The van der Waals surface area contributed by atoms with Gasteiger partial charge in [-0.05, 0) is 48.2 Å². The van der Waals surface area contributed by atoms with Gasteiger partial charge in [-0.1, -0.05) is 35.9 Å². The Hall–Kier alpha value is -1.84. The topological polar surface area (TPSA) is 49.3 Å². The van der Waals surface area contributed by atoms with Crippen molar-refractivity contribution in [3.8, 4) is 0 Å². The average molecular weight is 316 g/mol. The van der Waals surface area contributed by atoms with Gasteiger partial charge < -0.3 is 10.4 Å². The smallest absolute Gasteiger partial charge is 0.335 e. The maximum atomic E-state index is 11.0. The number of rotatable bonds is 6. The van der Waals surface area contributed by atoms with Gasteiger partial charge in [0.2, 0.25) is 0 Å². The zero-order valence-corrected chi connectivity index (χ0v) is 12.9. The first-order chi connectivity index (χ1) is 10.6. The van der Waals surface area contributed by atoms with E-state index in [1.807, 2.05) is 24.3 Å². The molecule has 0 heterocycles. The van der Waals surface area contributed by atoms with Crippen molar-refractivity contribution in [2.24, 2.45) is 0 Å². The normalized spacial score (nSPS) is 15.5. The summed E-state index contributed by atoms with van der Waals surface area (Å²) in [6, 6.07) is 15.1. The minimum atomic E-state index is -0.889. The SMILES string of the molecule is O=C(O)c1cccc(CNCC2(c3cccc(Cl)c3)CC2)c1. The van der Waals surface area contributed by atoms with Crippen molar-refractivity contribution in [2.45, 2.75) is 24.8 Å². The van der Waals surface area contributed by atoms with Crippen LogP contribution in [-0.4, -0.2) is 17.6 Å². The van der Waals surface area contributed by atoms with E-state index in [-0.39, 0.29) is 5.41 Å². The van der Waals surface area contributed by atoms with Crippen molar-refractivity contribution < 1.29 is 9.90 Å². The summed E-state index contributed by atoms with van der Waals surface area (Å²) in [6.45, 7) is 1.55. The summed E-state index contributed by atoms with van der Waals surface area (Å²) in [6.07, 6.45) is 2.32. The van der Waals surface area contributed by atoms with E-state index < -0.39 is 5.97 Å². The Morgan fingerprint density at radius 2 is 1.95 bits per heavy atom. The standard InChI is InChI=1S/C18H18ClNO2/c19-16-6-2-5-15(10-16)18(7-8-18)12-20-11-13-3-1-4-14(9-13)17(21)22/h1-6,9-10,20H,7-8,11-12H2,(H,21,22). The highest BCUT2D eigenvalue weighted by Crippen LogP contribution is 2.48. The molecule has 2 aromatic rings. The van der Waals surface area contributed by atoms with Crippen LogP contribution in [0.3, 0.4) is 0 Å². The Morgan fingerprint density at radius 3 is 2.64 bits per heavy atom. The third-order valence-electron chi connectivity index (χ3n) is 4.26. The number of aromatic carboxylic acids is 1. The third kappa shape index (κ3) is 3.32. The molecule has 3 rings (SSSR count). The molecule has 0 unspecified atom stereocenters. The first-order valence-corrected chi connectivity index (χ1v) is 7.76. The van der Waals surface area contributed by atoms with Gasteiger partial charge >= 0.3 is 5.97 Å². The number of carboxylic acids is 1. The Bertz CT molecular complexity index is 695. The van der Waals surface area contributed by atoms with Gasteiger partial charge in [-0.3, -0.25) is 0 Å². The summed E-state index contributed by atoms with van der Waals surface area (Å²) in [5, 5.41) is 13.2. The highest BCUT2D eigenvalue weighted by Gasteiger charge is 2.43. The molecule has 1 saturated carbocycles. The van der Waals surface area contributed by atoms with E-state index in [2.05, 4.69) is 11.4 Å². The Kier molecular flexibility index (Phi) is 4.19. The number of carboxylic acid groups (broad SMARTS) is 1. The molecule has 0 spiro atoms. The molecule has 0 aromatic heterocycles. The molecule has 2 aromatic carbocycles. The number of benzene rings is 2. The second kappa shape index (κ2) is 6.11.